The van der Waals surface area contributed by atoms with Gasteiger partial charge in [0.2, 0.25) is 5.91 Å². The molecule has 0 aliphatic carbocycles. The van der Waals surface area contributed by atoms with E-state index in [-0.39, 0.29) is 6.61 Å². The maximum atomic E-state index is 11.6. The van der Waals surface area contributed by atoms with E-state index in [9.17, 15) is 14.5 Å². The first-order chi connectivity index (χ1) is 9.16. The summed E-state index contributed by atoms with van der Waals surface area (Å²) in [7, 11) is -3.06. The highest BCUT2D eigenvalue weighted by Gasteiger charge is 2.36. The van der Waals surface area contributed by atoms with Crippen molar-refractivity contribution in [3.8, 4) is 0 Å². The second kappa shape index (κ2) is 10.3. The van der Waals surface area contributed by atoms with Gasteiger partial charge in [-0.3, -0.25) is 13.8 Å². The van der Waals surface area contributed by atoms with Gasteiger partial charge in [0.1, 0.15) is 6.10 Å². The summed E-state index contributed by atoms with van der Waals surface area (Å²) in [5, 5.41) is 12.4. The highest BCUT2D eigenvalue weighted by molar-refractivity contribution is 7.47. The van der Waals surface area contributed by atoms with Crippen LogP contribution in [0.15, 0.2) is 0 Å². The minimum Gasteiger partial charge on any atom is -0.383 e. The summed E-state index contributed by atoms with van der Waals surface area (Å²) in [4.78, 5) is 20.6. The first-order valence-electron chi connectivity index (χ1n) is 6.65. The summed E-state index contributed by atoms with van der Waals surface area (Å²) >= 11 is 0. The molecular weight excluding hydrogens is 285 g/mol. The highest BCUT2D eigenvalue weighted by atomic mass is 31.2. The molecule has 2 atom stereocenters. The van der Waals surface area contributed by atoms with Crippen molar-refractivity contribution in [2.45, 2.75) is 47.1 Å². The lowest BCUT2D eigenvalue weighted by Gasteiger charge is -2.29. The normalized spacial score (nSPS) is 15.6. The molecule has 1 amide bonds. The zero-order chi connectivity index (χ0) is 16.4. The Morgan fingerprint density at radius 3 is 2.30 bits per heavy atom. The van der Waals surface area contributed by atoms with Crippen molar-refractivity contribution < 1.29 is 28.4 Å². The average molecular weight is 313 g/mol. The summed E-state index contributed by atoms with van der Waals surface area (Å²) in [6, 6.07) is 0. The SMILES string of the molecule is CC.CCCNC(=O)C(O)C(C)(C)COP(=O)(O)OC. The second-order valence-corrected chi connectivity index (χ2v) is 6.17. The Hall–Kier alpha value is -0.460. The molecule has 0 aliphatic heterocycles. The molecule has 0 rings (SSSR count). The molecule has 122 valence electrons. The largest absolute Gasteiger partial charge is 0.471 e. The van der Waals surface area contributed by atoms with Crippen molar-refractivity contribution >= 4 is 13.7 Å². The molecule has 0 fully saturated rings. The molecular formula is C12H28NO6P. The van der Waals surface area contributed by atoms with E-state index in [1.807, 2.05) is 20.8 Å². The number of hydrogen-bond donors (Lipinski definition) is 3. The van der Waals surface area contributed by atoms with Crippen molar-refractivity contribution in [1.29, 1.82) is 0 Å². The molecule has 0 spiro atoms. The van der Waals surface area contributed by atoms with E-state index in [1.54, 1.807) is 13.8 Å². The fraction of sp³-hybridized carbons (Fsp3) is 0.917. The third-order valence-corrected chi connectivity index (χ3v) is 3.29. The van der Waals surface area contributed by atoms with Crippen LogP contribution in [0.5, 0.6) is 0 Å². The Labute approximate surface area is 121 Å². The predicted molar refractivity (Wildman–Crippen MR) is 77.2 cm³/mol. The van der Waals surface area contributed by atoms with E-state index in [4.69, 9.17) is 4.89 Å². The molecule has 0 radical (unpaired) electrons. The molecule has 0 saturated carbocycles. The summed E-state index contributed by atoms with van der Waals surface area (Å²) in [6.07, 6.45) is -0.578. The molecule has 7 nitrogen and oxygen atoms in total. The van der Waals surface area contributed by atoms with Crippen LogP contribution in [0.25, 0.3) is 0 Å². The minimum atomic E-state index is -4.10. The van der Waals surface area contributed by atoms with Crippen molar-refractivity contribution in [3.63, 3.8) is 0 Å². The van der Waals surface area contributed by atoms with Gasteiger partial charge in [0, 0.05) is 19.1 Å². The third kappa shape index (κ3) is 8.66. The quantitative estimate of drug-likeness (QED) is 0.589. The number of nitrogens with one attached hydrogen (secondary N) is 1. The molecule has 0 heterocycles. The van der Waals surface area contributed by atoms with Crippen LogP contribution in [-0.4, -0.2) is 42.3 Å². The monoisotopic (exact) mass is 313 g/mol. The predicted octanol–water partition coefficient (Wildman–Crippen LogP) is 1.69. The second-order valence-electron chi connectivity index (χ2n) is 4.61. The molecule has 0 aromatic heterocycles. The van der Waals surface area contributed by atoms with E-state index >= 15 is 0 Å². The molecule has 0 aromatic carbocycles. The maximum absolute atomic E-state index is 11.6. The molecule has 0 aliphatic rings. The smallest absolute Gasteiger partial charge is 0.383 e. The molecule has 20 heavy (non-hydrogen) atoms. The van der Waals surface area contributed by atoms with Crippen LogP contribution in [0.2, 0.25) is 0 Å². The molecule has 0 bridgehead atoms. The first kappa shape index (κ1) is 21.8. The lowest BCUT2D eigenvalue weighted by atomic mass is 9.87. The maximum Gasteiger partial charge on any atom is 0.471 e. The summed E-state index contributed by atoms with van der Waals surface area (Å²) < 4.78 is 20.0. The van der Waals surface area contributed by atoms with Gasteiger partial charge < -0.3 is 15.3 Å². The van der Waals surface area contributed by atoms with Crippen LogP contribution >= 0.6 is 7.82 Å². The Morgan fingerprint density at radius 1 is 1.40 bits per heavy atom. The summed E-state index contributed by atoms with van der Waals surface area (Å²) in [5.74, 6) is -0.532. The number of phosphoric ester groups is 1. The zero-order valence-corrected chi connectivity index (χ0v) is 14.1. The number of hydrogen-bond acceptors (Lipinski definition) is 5. The molecule has 2 unspecified atom stereocenters. The van der Waals surface area contributed by atoms with Gasteiger partial charge in [-0.25, -0.2) is 4.57 Å². The van der Waals surface area contributed by atoms with Crippen LogP contribution in [0.1, 0.15) is 41.0 Å². The zero-order valence-electron chi connectivity index (χ0n) is 13.2. The van der Waals surface area contributed by atoms with E-state index in [2.05, 4.69) is 14.4 Å². The van der Waals surface area contributed by atoms with Crippen molar-refractivity contribution in [1.82, 2.24) is 5.32 Å². The Morgan fingerprint density at radius 2 is 1.90 bits per heavy atom. The minimum absolute atomic E-state index is 0.282. The van der Waals surface area contributed by atoms with Crippen molar-refractivity contribution in [3.05, 3.63) is 0 Å². The Bertz CT molecular complexity index is 321. The van der Waals surface area contributed by atoms with E-state index in [0.717, 1.165) is 13.5 Å². The Balaban J connectivity index is 0. The van der Waals surface area contributed by atoms with Gasteiger partial charge in [0.05, 0.1) is 6.61 Å². The Kier molecular flexibility index (Phi) is 11.2. The number of aliphatic hydroxyl groups excluding tert-OH is 1. The molecule has 3 N–H and O–H groups in total. The summed E-state index contributed by atoms with van der Waals surface area (Å²) in [6.45, 7) is 9.18. The fourth-order valence-corrected chi connectivity index (χ4v) is 1.68. The van der Waals surface area contributed by atoms with Crippen LogP contribution in [0.4, 0.5) is 0 Å². The van der Waals surface area contributed by atoms with Crippen LogP contribution in [-0.2, 0) is 18.4 Å². The van der Waals surface area contributed by atoms with Gasteiger partial charge >= 0.3 is 7.82 Å². The van der Waals surface area contributed by atoms with Crippen LogP contribution in [0.3, 0.4) is 0 Å². The van der Waals surface area contributed by atoms with E-state index < -0.39 is 25.2 Å². The molecule has 0 aromatic rings. The fourth-order valence-electron chi connectivity index (χ4n) is 1.08. The number of phosphoric acid groups is 1. The number of rotatable bonds is 8. The van der Waals surface area contributed by atoms with Gasteiger partial charge in [-0.15, -0.1) is 0 Å². The van der Waals surface area contributed by atoms with Gasteiger partial charge in [0.25, 0.3) is 0 Å². The van der Waals surface area contributed by atoms with Crippen LogP contribution < -0.4 is 5.32 Å². The van der Waals surface area contributed by atoms with E-state index in [0.29, 0.717) is 6.54 Å². The highest BCUT2D eigenvalue weighted by Crippen LogP contribution is 2.43. The van der Waals surface area contributed by atoms with E-state index in [1.165, 1.54) is 0 Å². The molecule has 8 heteroatoms. The lowest BCUT2D eigenvalue weighted by molar-refractivity contribution is -0.136. The number of carbonyl (C=O) groups excluding carboxylic acids is 1. The average Bonchev–Trinajstić information content (AvgIpc) is 2.44. The lowest BCUT2D eigenvalue weighted by Crippen LogP contribution is -2.46. The van der Waals surface area contributed by atoms with Gasteiger partial charge in [0.15, 0.2) is 0 Å². The third-order valence-electron chi connectivity index (χ3n) is 2.37. The first-order valence-corrected chi connectivity index (χ1v) is 8.14. The topological polar surface area (TPSA) is 105 Å². The van der Waals surface area contributed by atoms with Gasteiger partial charge in [-0.05, 0) is 6.42 Å². The molecule has 0 saturated heterocycles. The van der Waals surface area contributed by atoms with Crippen LogP contribution in [0, 0.1) is 5.41 Å². The number of carbonyl (C=O) groups is 1. The standard InChI is InChI=1S/C10H22NO6P.C2H6/c1-5-6-11-9(13)8(12)10(2,3)7-17-18(14,15)16-4;1-2/h8,12H,5-7H2,1-4H3,(H,11,13)(H,14,15);1-2H3. The number of amides is 1. The van der Waals surface area contributed by atoms with Gasteiger partial charge in [-0.2, -0.15) is 0 Å². The van der Waals surface area contributed by atoms with Gasteiger partial charge in [-0.1, -0.05) is 34.6 Å². The van der Waals surface area contributed by atoms with Crippen molar-refractivity contribution in [2.24, 2.45) is 5.41 Å². The summed E-state index contributed by atoms with van der Waals surface area (Å²) in [5.41, 5.74) is -1.01. The van der Waals surface area contributed by atoms with Crippen molar-refractivity contribution in [2.75, 3.05) is 20.3 Å². The number of aliphatic hydroxyl groups is 1.